The van der Waals surface area contributed by atoms with Gasteiger partial charge >= 0.3 is 0 Å². The van der Waals surface area contributed by atoms with Crippen LogP contribution in [0.2, 0.25) is 0 Å². The summed E-state index contributed by atoms with van der Waals surface area (Å²) in [6.45, 7) is 11.5. The van der Waals surface area contributed by atoms with E-state index in [1.165, 1.54) is 4.88 Å². The van der Waals surface area contributed by atoms with E-state index >= 15 is 0 Å². The van der Waals surface area contributed by atoms with Gasteiger partial charge in [0.25, 0.3) is 0 Å². The fourth-order valence-electron chi connectivity index (χ4n) is 2.86. The fraction of sp³-hybridized carbons (Fsp3) is 0.714. The molecule has 0 aliphatic carbocycles. The van der Waals surface area contributed by atoms with Crippen molar-refractivity contribution < 1.29 is 4.79 Å². The van der Waals surface area contributed by atoms with Crippen molar-refractivity contribution in [3.63, 3.8) is 0 Å². The molecule has 0 N–H and O–H groups in total. The van der Waals surface area contributed by atoms with Crippen molar-refractivity contribution in [2.75, 3.05) is 6.54 Å². The maximum Gasteiger partial charge on any atom is 0.138 e. The number of ketones is 1. The lowest BCUT2D eigenvalue weighted by molar-refractivity contribution is -0.128. The molecule has 18 heavy (non-hydrogen) atoms. The van der Waals surface area contributed by atoms with Crippen LogP contribution in [0.25, 0.3) is 0 Å². The van der Waals surface area contributed by atoms with E-state index in [-0.39, 0.29) is 5.92 Å². The van der Waals surface area contributed by atoms with Crippen molar-refractivity contribution in [1.29, 1.82) is 0 Å². The van der Waals surface area contributed by atoms with Gasteiger partial charge in [-0.2, -0.15) is 0 Å². The second-order valence-electron chi connectivity index (χ2n) is 5.34. The summed E-state index contributed by atoms with van der Waals surface area (Å²) in [7, 11) is 0. The Kier molecular flexibility index (Phi) is 3.87. The summed E-state index contributed by atoms with van der Waals surface area (Å²) in [5, 5.41) is 1.13. The number of nitrogens with zero attached hydrogens (tertiary/aromatic N) is 2. The minimum absolute atomic E-state index is 0.149. The van der Waals surface area contributed by atoms with Crippen LogP contribution in [0.5, 0.6) is 0 Å². The molecule has 4 heteroatoms. The van der Waals surface area contributed by atoms with E-state index < -0.39 is 0 Å². The average Bonchev–Trinajstić information content (AvgIpc) is 2.65. The monoisotopic (exact) mass is 266 g/mol. The molecule has 3 unspecified atom stereocenters. The summed E-state index contributed by atoms with van der Waals surface area (Å²) in [4.78, 5) is 20.1. The van der Waals surface area contributed by atoms with Crippen molar-refractivity contribution >= 4 is 17.1 Å². The first-order valence-corrected chi connectivity index (χ1v) is 7.45. The van der Waals surface area contributed by atoms with E-state index in [9.17, 15) is 4.79 Å². The Labute approximate surface area is 113 Å². The maximum atomic E-state index is 11.7. The van der Waals surface area contributed by atoms with Crippen molar-refractivity contribution in [2.24, 2.45) is 5.92 Å². The Morgan fingerprint density at radius 1 is 1.39 bits per heavy atom. The molecular weight excluding hydrogens is 244 g/mol. The van der Waals surface area contributed by atoms with Gasteiger partial charge in [-0.15, -0.1) is 11.3 Å². The number of thiazole rings is 1. The van der Waals surface area contributed by atoms with Crippen LogP contribution in [0.4, 0.5) is 0 Å². The predicted octanol–water partition coefficient (Wildman–Crippen LogP) is 3.12. The number of aromatic nitrogens is 1. The summed E-state index contributed by atoms with van der Waals surface area (Å²) in [6, 6.07) is 0.685. The molecule has 100 valence electrons. The van der Waals surface area contributed by atoms with Crippen molar-refractivity contribution in [1.82, 2.24) is 9.88 Å². The Hall–Kier alpha value is -0.740. The van der Waals surface area contributed by atoms with Gasteiger partial charge in [0, 0.05) is 35.8 Å². The smallest absolute Gasteiger partial charge is 0.138 e. The summed E-state index contributed by atoms with van der Waals surface area (Å²) < 4.78 is 0. The standard InChI is InChI=1S/C14H22N2OS/c1-8-10(3)16(7-6-13(8)17)11(4)14-9(2)15-12(5)18-14/h8,10-11H,6-7H2,1-5H3. The highest BCUT2D eigenvalue weighted by Gasteiger charge is 2.34. The van der Waals surface area contributed by atoms with Crippen molar-refractivity contribution in [3.05, 3.63) is 15.6 Å². The molecule has 0 saturated carbocycles. The Bertz CT molecular complexity index is 455. The van der Waals surface area contributed by atoms with Gasteiger partial charge in [0.2, 0.25) is 0 Å². The van der Waals surface area contributed by atoms with E-state index in [2.05, 4.69) is 44.5 Å². The Morgan fingerprint density at radius 2 is 2.06 bits per heavy atom. The van der Waals surface area contributed by atoms with Gasteiger partial charge in [0.05, 0.1) is 10.7 Å². The number of hydrogen-bond acceptors (Lipinski definition) is 4. The molecule has 2 rings (SSSR count). The zero-order chi connectivity index (χ0) is 13.4. The number of carbonyl (C=O) groups excluding carboxylic acids is 1. The molecule has 0 amide bonds. The van der Waals surface area contributed by atoms with Gasteiger partial charge in [0.1, 0.15) is 5.78 Å². The highest BCUT2D eigenvalue weighted by molar-refractivity contribution is 7.11. The first-order valence-electron chi connectivity index (χ1n) is 6.64. The lowest BCUT2D eigenvalue weighted by Crippen LogP contribution is -2.47. The number of rotatable bonds is 2. The van der Waals surface area contributed by atoms with Crippen LogP contribution in [-0.4, -0.2) is 28.3 Å². The van der Waals surface area contributed by atoms with Crippen LogP contribution in [-0.2, 0) is 4.79 Å². The zero-order valence-corrected chi connectivity index (χ0v) is 12.7. The molecule has 1 aliphatic rings. The van der Waals surface area contributed by atoms with Crippen LogP contribution in [0.15, 0.2) is 0 Å². The molecule has 0 aromatic carbocycles. The topological polar surface area (TPSA) is 33.2 Å². The average molecular weight is 266 g/mol. The predicted molar refractivity (Wildman–Crippen MR) is 75.0 cm³/mol. The third kappa shape index (κ3) is 2.36. The third-order valence-electron chi connectivity index (χ3n) is 4.19. The molecule has 0 spiro atoms. The normalized spacial score (nSPS) is 27.5. The SMILES string of the molecule is Cc1nc(C)c(C(C)N2CCC(=O)C(C)C2C)s1. The largest absolute Gasteiger partial charge is 0.299 e. The van der Waals surface area contributed by atoms with E-state index in [0.717, 1.165) is 17.2 Å². The molecule has 3 atom stereocenters. The summed E-state index contributed by atoms with van der Waals surface area (Å²) in [5.74, 6) is 0.554. The van der Waals surface area contributed by atoms with E-state index in [1.54, 1.807) is 11.3 Å². The van der Waals surface area contributed by atoms with E-state index in [4.69, 9.17) is 0 Å². The van der Waals surface area contributed by atoms with Crippen molar-refractivity contribution in [2.45, 2.75) is 53.1 Å². The van der Waals surface area contributed by atoms with Crippen LogP contribution in [0.3, 0.4) is 0 Å². The van der Waals surface area contributed by atoms with Crippen LogP contribution in [0.1, 0.15) is 48.8 Å². The fourth-order valence-corrected chi connectivity index (χ4v) is 3.86. The summed E-state index contributed by atoms with van der Waals surface area (Å²) in [5.41, 5.74) is 1.14. The minimum Gasteiger partial charge on any atom is -0.299 e. The number of carbonyl (C=O) groups is 1. The van der Waals surface area contributed by atoms with Gasteiger partial charge in [-0.1, -0.05) is 6.92 Å². The first kappa shape index (κ1) is 13.7. The lowest BCUT2D eigenvalue weighted by Gasteiger charge is -2.40. The third-order valence-corrected chi connectivity index (χ3v) is 5.43. The molecule has 1 saturated heterocycles. The second kappa shape index (κ2) is 5.10. The molecule has 2 heterocycles. The second-order valence-corrected chi connectivity index (χ2v) is 6.58. The molecule has 3 nitrogen and oxygen atoms in total. The van der Waals surface area contributed by atoms with Gasteiger partial charge in [0.15, 0.2) is 0 Å². The molecule has 0 bridgehead atoms. The van der Waals surface area contributed by atoms with Crippen LogP contribution < -0.4 is 0 Å². The molecule has 1 aromatic rings. The molecule has 1 aromatic heterocycles. The molecule has 1 aliphatic heterocycles. The molecular formula is C14H22N2OS. The Morgan fingerprint density at radius 3 is 2.61 bits per heavy atom. The maximum absolute atomic E-state index is 11.7. The highest BCUT2D eigenvalue weighted by Crippen LogP contribution is 2.34. The molecule has 0 radical (unpaired) electrons. The number of likely N-dealkylation sites (tertiary alicyclic amines) is 1. The van der Waals surface area contributed by atoms with Crippen molar-refractivity contribution in [3.8, 4) is 0 Å². The lowest BCUT2D eigenvalue weighted by atomic mass is 9.89. The van der Waals surface area contributed by atoms with E-state index in [1.807, 2.05) is 0 Å². The quantitative estimate of drug-likeness (QED) is 0.824. The number of Topliss-reactive ketones (excluding diaryl/α,β-unsaturated/α-hetero) is 1. The van der Waals surface area contributed by atoms with Gasteiger partial charge in [-0.05, 0) is 27.7 Å². The minimum atomic E-state index is 0.149. The summed E-state index contributed by atoms with van der Waals surface area (Å²) >= 11 is 1.78. The van der Waals surface area contributed by atoms with E-state index in [0.29, 0.717) is 24.3 Å². The van der Waals surface area contributed by atoms with Gasteiger partial charge in [-0.25, -0.2) is 4.98 Å². The number of aryl methyl sites for hydroxylation is 2. The highest BCUT2D eigenvalue weighted by atomic mass is 32.1. The zero-order valence-electron chi connectivity index (χ0n) is 11.9. The first-order chi connectivity index (χ1) is 8.41. The van der Waals surface area contributed by atoms with Crippen LogP contribution in [0, 0.1) is 19.8 Å². The molecule has 1 fully saturated rings. The van der Waals surface area contributed by atoms with Crippen LogP contribution >= 0.6 is 11.3 Å². The van der Waals surface area contributed by atoms with Gasteiger partial charge in [-0.3, -0.25) is 9.69 Å². The summed E-state index contributed by atoms with van der Waals surface area (Å²) in [6.07, 6.45) is 0.687. The number of piperidine rings is 1. The Balaban J connectivity index is 2.21. The van der Waals surface area contributed by atoms with Gasteiger partial charge < -0.3 is 0 Å². The number of hydrogen-bond donors (Lipinski definition) is 0.